The van der Waals surface area contributed by atoms with E-state index in [1.54, 1.807) is 30.3 Å². The summed E-state index contributed by atoms with van der Waals surface area (Å²) in [6, 6.07) is 14.3. The van der Waals surface area contributed by atoms with Crippen LogP contribution in [0.1, 0.15) is 51.4 Å². The van der Waals surface area contributed by atoms with E-state index in [-0.39, 0.29) is 12.9 Å². The van der Waals surface area contributed by atoms with Crippen molar-refractivity contribution in [2.24, 2.45) is 17.8 Å². The molecule has 1 aliphatic heterocycles. The van der Waals surface area contributed by atoms with Gasteiger partial charge in [-0.05, 0) is 60.4 Å². The molecular weight excluding hydrogens is 399 g/mol. The van der Waals surface area contributed by atoms with Crippen molar-refractivity contribution in [2.75, 3.05) is 6.79 Å². The van der Waals surface area contributed by atoms with Crippen molar-refractivity contribution in [3.05, 3.63) is 54.1 Å². The lowest BCUT2D eigenvalue weighted by Gasteiger charge is -2.39. The van der Waals surface area contributed by atoms with Crippen LogP contribution in [0.2, 0.25) is 0 Å². The second-order valence-electron chi connectivity index (χ2n) is 8.89. The van der Waals surface area contributed by atoms with E-state index in [9.17, 15) is 9.67 Å². The molecule has 0 amide bonds. The molecule has 0 aromatic heterocycles. The Morgan fingerprint density at radius 1 is 1.07 bits per heavy atom. The lowest BCUT2D eigenvalue weighted by atomic mass is 9.75. The summed E-state index contributed by atoms with van der Waals surface area (Å²) < 4.78 is 31.7. The van der Waals surface area contributed by atoms with Crippen molar-refractivity contribution >= 4 is 12.7 Å². The maximum atomic E-state index is 14.4. The molecule has 0 spiro atoms. The number of rotatable bonds is 6. The van der Waals surface area contributed by atoms with Crippen molar-refractivity contribution in [2.45, 2.75) is 52.0 Å². The molecule has 5 atom stereocenters. The van der Waals surface area contributed by atoms with E-state index in [0.29, 0.717) is 40.1 Å². The first-order chi connectivity index (χ1) is 14.4. The molecule has 162 valence electrons. The zero-order chi connectivity index (χ0) is 21.3. The maximum absolute atomic E-state index is 14.4. The third-order valence-corrected chi connectivity index (χ3v) is 8.93. The summed E-state index contributed by atoms with van der Waals surface area (Å²) in [7, 11) is -3.62. The summed E-state index contributed by atoms with van der Waals surface area (Å²) in [5.74, 6) is 1.16. The molecule has 30 heavy (non-hydrogen) atoms. The number of fused-ring (bicyclic) bond motifs is 1. The van der Waals surface area contributed by atoms with E-state index in [1.807, 2.05) is 18.2 Å². The molecule has 1 fully saturated rings. The van der Waals surface area contributed by atoms with Gasteiger partial charge >= 0.3 is 0 Å². The Kier molecular flexibility index (Phi) is 6.24. The Bertz CT molecular complexity index is 913. The first-order valence-electron chi connectivity index (χ1n) is 10.8. The Balaban J connectivity index is 1.71. The minimum Gasteiger partial charge on any atom is -0.454 e. The van der Waals surface area contributed by atoms with Crippen molar-refractivity contribution in [1.82, 2.24) is 0 Å². The predicted octanol–water partition coefficient (Wildman–Crippen LogP) is 5.49. The molecule has 2 aromatic rings. The van der Waals surface area contributed by atoms with Crippen LogP contribution in [0, 0.1) is 17.8 Å². The maximum Gasteiger partial charge on any atom is 0.264 e. The minimum absolute atomic E-state index is 0.150. The van der Waals surface area contributed by atoms with Crippen LogP contribution in [0.15, 0.2) is 48.5 Å². The van der Waals surface area contributed by atoms with Gasteiger partial charge in [0.25, 0.3) is 7.37 Å². The zero-order valence-electron chi connectivity index (χ0n) is 17.9. The van der Waals surface area contributed by atoms with Gasteiger partial charge in [-0.3, -0.25) is 4.57 Å². The average molecular weight is 430 g/mol. The van der Waals surface area contributed by atoms with Crippen LogP contribution in [0.5, 0.6) is 11.5 Å². The van der Waals surface area contributed by atoms with Gasteiger partial charge in [0.2, 0.25) is 6.79 Å². The van der Waals surface area contributed by atoms with E-state index < -0.39 is 13.2 Å². The quantitative estimate of drug-likeness (QED) is 0.614. The summed E-state index contributed by atoms with van der Waals surface area (Å²) in [6.45, 7) is 6.75. The average Bonchev–Trinajstić information content (AvgIpc) is 3.21. The van der Waals surface area contributed by atoms with Gasteiger partial charge in [0, 0.05) is 5.30 Å². The summed E-state index contributed by atoms with van der Waals surface area (Å²) in [6.07, 6.45) is 2.91. The highest BCUT2D eigenvalue weighted by molar-refractivity contribution is 7.67. The number of benzene rings is 2. The van der Waals surface area contributed by atoms with Crippen molar-refractivity contribution < 1.29 is 23.7 Å². The third-order valence-electron chi connectivity index (χ3n) is 6.39. The predicted molar refractivity (Wildman–Crippen MR) is 117 cm³/mol. The molecule has 1 aliphatic carbocycles. The van der Waals surface area contributed by atoms with Gasteiger partial charge in [-0.2, -0.15) is 0 Å². The first kappa shape index (κ1) is 21.4. The van der Waals surface area contributed by atoms with Crippen LogP contribution in [-0.4, -0.2) is 18.0 Å². The molecule has 6 heteroatoms. The lowest BCUT2D eigenvalue weighted by molar-refractivity contribution is 0.0427. The fourth-order valence-electron chi connectivity index (χ4n) is 4.60. The van der Waals surface area contributed by atoms with Crippen molar-refractivity contribution in [1.29, 1.82) is 0 Å². The number of hydrogen-bond acceptors (Lipinski definition) is 5. The van der Waals surface area contributed by atoms with Crippen LogP contribution in [-0.2, 0) is 9.09 Å². The molecule has 1 N–H and O–H groups in total. The molecule has 4 rings (SSSR count). The third kappa shape index (κ3) is 4.16. The Labute approximate surface area is 178 Å². The minimum atomic E-state index is -3.62. The number of hydrogen-bond donors (Lipinski definition) is 1. The highest BCUT2D eigenvalue weighted by Crippen LogP contribution is 2.60. The molecule has 2 aromatic carbocycles. The Hall–Kier alpha value is -1.81. The van der Waals surface area contributed by atoms with Crippen LogP contribution in [0.3, 0.4) is 0 Å². The van der Waals surface area contributed by atoms with Gasteiger partial charge < -0.3 is 19.1 Å². The molecule has 0 bridgehead atoms. The van der Waals surface area contributed by atoms with Gasteiger partial charge in [0.1, 0.15) is 0 Å². The van der Waals surface area contributed by atoms with Gasteiger partial charge in [-0.25, -0.2) is 0 Å². The number of aliphatic hydroxyl groups excluding tert-OH is 1. The Morgan fingerprint density at radius 3 is 2.53 bits per heavy atom. The van der Waals surface area contributed by atoms with Gasteiger partial charge in [0.05, 0.1) is 6.10 Å². The van der Waals surface area contributed by atoms with Crippen molar-refractivity contribution in [3.8, 4) is 11.5 Å². The molecule has 1 saturated carbocycles. The monoisotopic (exact) mass is 430 g/mol. The molecule has 5 nitrogen and oxygen atoms in total. The van der Waals surface area contributed by atoms with E-state index in [0.717, 1.165) is 19.3 Å². The topological polar surface area (TPSA) is 65.0 Å². The van der Waals surface area contributed by atoms with Crippen LogP contribution >= 0.6 is 7.37 Å². The molecule has 1 heterocycles. The number of ether oxygens (including phenoxy) is 2. The van der Waals surface area contributed by atoms with Crippen LogP contribution in [0.4, 0.5) is 0 Å². The van der Waals surface area contributed by atoms with Crippen molar-refractivity contribution in [3.63, 3.8) is 0 Å². The fourth-order valence-corrected chi connectivity index (χ4v) is 6.91. The highest BCUT2D eigenvalue weighted by atomic mass is 31.2. The largest absolute Gasteiger partial charge is 0.454 e. The zero-order valence-corrected chi connectivity index (χ0v) is 18.8. The summed E-state index contributed by atoms with van der Waals surface area (Å²) in [5.41, 5.74) is 0.511. The van der Waals surface area contributed by atoms with E-state index in [1.165, 1.54) is 0 Å². The van der Waals surface area contributed by atoms with Crippen LogP contribution in [0.25, 0.3) is 0 Å². The van der Waals surface area contributed by atoms with Gasteiger partial charge in [0.15, 0.2) is 17.3 Å². The molecule has 0 saturated heterocycles. The van der Waals surface area contributed by atoms with E-state index in [2.05, 4.69) is 20.8 Å². The molecule has 0 radical (unpaired) electrons. The smallest absolute Gasteiger partial charge is 0.264 e. The summed E-state index contributed by atoms with van der Waals surface area (Å²) >= 11 is 0. The second kappa shape index (κ2) is 8.74. The second-order valence-corrected chi connectivity index (χ2v) is 11.3. The summed E-state index contributed by atoms with van der Waals surface area (Å²) in [5, 5.41) is 11.9. The molecule has 2 aliphatic rings. The summed E-state index contributed by atoms with van der Waals surface area (Å²) in [4.78, 5) is 0. The lowest BCUT2D eigenvalue weighted by Crippen LogP contribution is -2.35. The van der Waals surface area contributed by atoms with E-state index >= 15 is 0 Å². The SMILES string of the molecule is CC(C)[C@H]1CC[C@@H](C)C[C@H]1O[P@@](=O)(c1ccccc1)[C@@H](O)c1ccc2c(c1)OCO2. The van der Waals surface area contributed by atoms with Crippen LogP contribution < -0.4 is 14.8 Å². The standard InChI is InChI=1S/C24H31O5P/c1-16(2)20-11-9-17(3)13-22(20)29-30(26,19-7-5-4-6-8-19)24(25)18-10-12-21-23(14-18)28-15-27-21/h4-8,10,12,14,16-17,20,22,24-25H,9,11,13,15H2,1-3H3/t17-,20-,22-,24-,30+/m1/s1. The van der Waals surface area contributed by atoms with Gasteiger partial charge in [-0.15, -0.1) is 0 Å². The first-order valence-corrected chi connectivity index (χ1v) is 12.5. The number of aliphatic hydroxyl groups is 1. The normalized spacial score (nSPS) is 26.4. The van der Waals surface area contributed by atoms with Gasteiger partial charge in [-0.1, -0.05) is 51.5 Å². The Morgan fingerprint density at radius 2 is 1.80 bits per heavy atom. The molecular formula is C24H31O5P. The molecule has 0 unspecified atom stereocenters. The van der Waals surface area contributed by atoms with E-state index in [4.69, 9.17) is 14.0 Å². The fraction of sp³-hybridized carbons (Fsp3) is 0.500. The highest BCUT2D eigenvalue weighted by Gasteiger charge is 2.43.